The first-order chi connectivity index (χ1) is 7.38. The summed E-state index contributed by atoms with van der Waals surface area (Å²) in [7, 11) is 0. The van der Waals surface area contributed by atoms with E-state index in [-0.39, 0.29) is 5.69 Å². The van der Waals surface area contributed by atoms with E-state index >= 15 is 0 Å². The average molecular weight is 234 g/mol. The molecule has 0 fully saturated rings. The fraction of sp³-hybridized carbons (Fsp3) is 0.222. The third-order valence-corrected chi connectivity index (χ3v) is 1.85. The molecule has 1 aromatic rings. The Morgan fingerprint density at radius 2 is 1.88 bits per heavy atom. The Balaban J connectivity index is 2.50. The number of rotatable bonds is 4. The van der Waals surface area contributed by atoms with E-state index in [1.54, 1.807) is 0 Å². The second-order valence-electron chi connectivity index (χ2n) is 3.28. The van der Waals surface area contributed by atoms with Crippen molar-refractivity contribution in [2.75, 3.05) is 5.32 Å². The van der Waals surface area contributed by atoms with Crippen LogP contribution in [0.3, 0.4) is 0 Å². The van der Waals surface area contributed by atoms with Gasteiger partial charge in [-0.1, -0.05) is 18.5 Å². The lowest BCUT2D eigenvalue weighted by molar-refractivity contribution is -0.116. The standard InChI is InChI=1S/C9H9BF4NO/c11-7-3-1-2-4-8(7)15-9(16)5-6-10(12,13)14/h1-4H,5-6H2,(H,15,16)/q-1. The molecule has 2 nitrogen and oxygen atoms in total. The van der Waals surface area contributed by atoms with Gasteiger partial charge in [0.25, 0.3) is 0 Å². The van der Waals surface area contributed by atoms with E-state index in [9.17, 15) is 22.1 Å². The molecule has 1 amide bonds. The second kappa shape index (κ2) is 5.00. The predicted molar refractivity (Wildman–Crippen MR) is 53.5 cm³/mol. The van der Waals surface area contributed by atoms with Gasteiger partial charge in [-0.2, -0.15) is 0 Å². The molecule has 16 heavy (non-hydrogen) atoms. The lowest BCUT2D eigenvalue weighted by atomic mass is 9.84. The first kappa shape index (κ1) is 12.5. The van der Waals surface area contributed by atoms with Crippen molar-refractivity contribution in [1.29, 1.82) is 0 Å². The van der Waals surface area contributed by atoms with Gasteiger partial charge in [-0.05, 0) is 12.1 Å². The molecule has 0 radical (unpaired) electrons. The maximum absolute atomic E-state index is 13.0. The minimum atomic E-state index is -4.98. The fourth-order valence-corrected chi connectivity index (χ4v) is 1.07. The number of nitrogens with one attached hydrogen (secondary N) is 1. The van der Waals surface area contributed by atoms with Crippen LogP contribution in [0, 0.1) is 5.82 Å². The molecule has 7 heteroatoms. The lowest BCUT2D eigenvalue weighted by Crippen LogP contribution is -2.20. The Morgan fingerprint density at radius 3 is 2.44 bits per heavy atom. The normalized spacial score (nSPS) is 11.2. The highest BCUT2D eigenvalue weighted by atomic mass is 19.4. The quantitative estimate of drug-likeness (QED) is 0.629. The molecule has 0 saturated carbocycles. The zero-order chi connectivity index (χ0) is 12.2. The number of amides is 1. The van der Waals surface area contributed by atoms with Crippen molar-refractivity contribution in [2.24, 2.45) is 0 Å². The molecular weight excluding hydrogens is 225 g/mol. The SMILES string of the molecule is O=C(CC[B-](F)(F)F)Nc1ccccc1F. The number of hydrogen-bond donors (Lipinski definition) is 1. The van der Waals surface area contributed by atoms with Crippen LogP contribution in [0.25, 0.3) is 0 Å². The van der Waals surface area contributed by atoms with Crippen molar-refractivity contribution in [3.63, 3.8) is 0 Å². The molecule has 1 rings (SSSR count). The Morgan fingerprint density at radius 1 is 1.25 bits per heavy atom. The number of carbonyl (C=O) groups excluding carboxylic acids is 1. The highest BCUT2D eigenvalue weighted by molar-refractivity contribution is 6.58. The second-order valence-corrected chi connectivity index (χ2v) is 3.28. The summed E-state index contributed by atoms with van der Waals surface area (Å²) < 4.78 is 48.5. The Kier molecular flexibility index (Phi) is 3.92. The molecular formula is C9H9BF4NO-. The van der Waals surface area contributed by atoms with Gasteiger partial charge < -0.3 is 18.3 Å². The van der Waals surface area contributed by atoms with Crippen LogP contribution in [0.2, 0.25) is 6.32 Å². The van der Waals surface area contributed by atoms with E-state index in [0.717, 1.165) is 6.07 Å². The first-order valence-electron chi connectivity index (χ1n) is 4.64. The van der Waals surface area contributed by atoms with Crippen LogP contribution in [0.1, 0.15) is 6.42 Å². The van der Waals surface area contributed by atoms with Crippen LogP contribution in [-0.2, 0) is 4.79 Å². The van der Waals surface area contributed by atoms with Crippen LogP contribution in [0.15, 0.2) is 24.3 Å². The summed E-state index contributed by atoms with van der Waals surface area (Å²) in [6, 6.07) is 5.30. The van der Waals surface area contributed by atoms with E-state index in [4.69, 9.17) is 0 Å². The van der Waals surface area contributed by atoms with E-state index in [0.29, 0.717) is 0 Å². The minimum Gasteiger partial charge on any atom is -0.449 e. The van der Waals surface area contributed by atoms with Gasteiger partial charge in [0.1, 0.15) is 5.82 Å². The van der Waals surface area contributed by atoms with E-state index in [2.05, 4.69) is 5.32 Å². The van der Waals surface area contributed by atoms with Gasteiger partial charge in [-0.3, -0.25) is 4.79 Å². The van der Waals surface area contributed by atoms with Crippen molar-refractivity contribution in [3.05, 3.63) is 30.1 Å². The highest BCUT2D eigenvalue weighted by Gasteiger charge is 2.23. The number of hydrogen-bond acceptors (Lipinski definition) is 1. The molecule has 1 N–H and O–H groups in total. The molecule has 0 aromatic heterocycles. The van der Waals surface area contributed by atoms with Crippen LogP contribution in [0.5, 0.6) is 0 Å². The third-order valence-electron chi connectivity index (χ3n) is 1.85. The highest BCUT2D eigenvalue weighted by Crippen LogP contribution is 2.18. The van der Waals surface area contributed by atoms with E-state index in [1.165, 1.54) is 18.2 Å². The zero-order valence-corrected chi connectivity index (χ0v) is 8.22. The van der Waals surface area contributed by atoms with Gasteiger partial charge in [0.2, 0.25) is 5.91 Å². The summed E-state index contributed by atoms with van der Waals surface area (Å²) in [5, 5.41) is 2.08. The van der Waals surface area contributed by atoms with Crippen LogP contribution in [0.4, 0.5) is 23.0 Å². The van der Waals surface area contributed by atoms with Crippen LogP contribution in [-0.4, -0.2) is 12.9 Å². The van der Waals surface area contributed by atoms with Gasteiger partial charge in [0, 0.05) is 6.42 Å². The molecule has 0 spiro atoms. The number of anilines is 1. The topological polar surface area (TPSA) is 29.1 Å². The number of halogens is 4. The molecule has 0 heterocycles. The monoisotopic (exact) mass is 234 g/mol. The van der Waals surface area contributed by atoms with Gasteiger partial charge in [-0.15, -0.1) is 0 Å². The third kappa shape index (κ3) is 4.33. The summed E-state index contributed by atoms with van der Waals surface area (Å²) in [6.07, 6.45) is -1.84. The summed E-state index contributed by atoms with van der Waals surface area (Å²) in [5.74, 6) is -1.52. The van der Waals surface area contributed by atoms with Crippen molar-refractivity contribution in [2.45, 2.75) is 12.7 Å². The summed E-state index contributed by atoms with van der Waals surface area (Å²) in [4.78, 5) is 11.0. The molecule has 0 aliphatic rings. The largest absolute Gasteiger partial charge is 0.478 e. The summed E-state index contributed by atoms with van der Waals surface area (Å²) >= 11 is 0. The predicted octanol–water partition coefficient (Wildman–Crippen LogP) is 3.00. The van der Waals surface area contributed by atoms with Crippen molar-refractivity contribution >= 4 is 18.6 Å². The lowest BCUT2D eigenvalue weighted by Gasteiger charge is -2.12. The molecule has 0 aliphatic carbocycles. The zero-order valence-electron chi connectivity index (χ0n) is 8.22. The smallest absolute Gasteiger partial charge is 0.449 e. The fourth-order valence-electron chi connectivity index (χ4n) is 1.07. The summed E-state index contributed by atoms with van der Waals surface area (Å²) in [5.41, 5.74) is -0.109. The Hall–Kier alpha value is -1.53. The molecule has 0 atom stereocenters. The maximum Gasteiger partial charge on any atom is 0.478 e. The number of para-hydroxylation sites is 1. The Bertz CT molecular complexity index is 380. The Labute approximate surface area is 89.7 Å². The minimum absolute atomic E-state index is 0.109. The average Bonchev–Trinajstić information content (AvgIpc) is 2.18. The maximum atomic E-state index is 13.0. The van der Waals surface area contributed by atoms with E-state index < -0.39 is 31.4 Å². The molecule has 88 valence electrons. The van der Waals surface area contributed by atoms with Crippen molar-refractivity contribution in [1.82, 2.24) is 0 Å². The van der Waals surface area contributed by atoms with Crippen LogP contribution < -0.4 is 5.32 Å². The van der Waals surface area contributed by atoms with Gasteiger partial charge in [0.15, 0.2) is 0 Å². The molecule has 0 saturated heterocycles. The van der Waals surface area contributed by atoms with Crippen LogP contribution >= 0.6 is 0 Å². The summed E-state index contributed by atoms with van der Waals surface area (Å²) in [6.45, 7) is -4.98. The molecule has 0 aliphatic heterocycles. The number of carbonyl (C=O) groups is 1. The number of benzene rings is 1. The molecule has 1 aromatic carbocycles. The van der Waals surface area contributed by atoms with Crippen molar-refractivity contribution < 1.29 is 22.1 Å². The first-order valence-corrected chi connectivity index (χ1v) is 4.64. The molecule has 0 unspecified atom stereocenters. The van der Waals surface area contributed by atoms with Gasteiger partial charge in [-0.25, -0.2) is 4.39 Å². The van der Waals surface area contributed by atoms with E-state index in [1.807, 2.05) is 0 Å². The van der Waals surface area contributed by atoms with Crippen molar-refractivity contribution in [3.8, 4) is 0 Å². The van der Waals surface area contributed by atoms with Gasteiger partial charge >= 0.3 is 6.98 Å². The van der Waals surface area contributed by atoms with Gasteiger partial charge in [0.05, 0.1) is 5.69 Å². The molecule has 0 bridgehead atoms.